The van der Waals surface area contributed by atoms with Crippen LogP contribution < -0.4 is 0 Å². The molecule has 0 radical (unpaired) electrons. The lowest BCUT2D eigenvalue weighted by Gasteiger charge is -2.17. The summed E-state index contributed by atoms with van der Waals surface area (Å²) < 4.78 is 11.3. The number of ether oxygens (including phenoxy) is 2. The van der Waals surface area contributed by atoms with Crippen molar-refractivity contribution >= 4 is 14.0 Å². The molecule has 4 heteroatoms. The molecule has 0 fully saturated rings. The molecular formula is C22H32O3Si. The topological polar surface area (TPSA) is 35.5 Å². The zero-order valence-electron chi connectivity index (χ0n) is 16.9. The van der Waals surface area contributed by atoms with Gasteiger partial charge in [0, 0.05) is 27.0 Å². The first-order valence-electron chi connectivity index (χ1n) is 9.10. The van der Waals surface area contributed by atoms with Gasteiger partial charge in [0.1, 0.15) is 11.9 Å². The molecule has 0 bridgehead atoms. The van der Waals surface area contributed by atoms with E-state index in [1.807, 2.05) is 32.0 Å². The maximum atomic E-state index is 11.2. The monoisotopic (exact) mass is 372 g/mol. The summed E-state index contributed by atoms with van der Waals surface area (Å²) in [5.74, 6) is 0.193. The SMILES string of the molecule is C/C=C(OC(C)=O)/C(C)=C/OC(C/C=C\C[Si](C)(C)C)c1ccccc1. The number of carbonyl (C=O) groups excluding carboxylic acids is 1. The van der Waals surface area contributed by atoms with Crippen molar-refractivity contribution in [1.82, 2.24) is 0 Å². The summed E-state index contributed by atoms with van der Waals surface area (Å²) in [5.41, 5.74) is 1.92. The van der Waals surface area contributed by atoms with Gasteiger partial charge in [-0.15, -0.1) is 0 Å². The second kappa shape index (κ2) is 10.8. The van der Waals surface area contributed by atoms with E-state index in [0.29, 0.717) is 5.76 Å². The first-order valence-corrected chi connectivity index (χ1v) is 12.8. The minimum atomic E-state index is -1.08. The van der Waals surface area contributed by atoms with Gasteiger partial charge in [0.2, 0.25) is 0 Å². The van der Waals surface area contributed by atoms with Gasteiger partial charge in [-0.25, -0.2) is 0 Å². The molecule has 26 heavy (non-hydrogen) atoms. The van der Waals surface area contributed by atoms with Gasteiger partial charge in [-0.1, -0.05) is 62.1 Å². The second-order valence-electron chi connectivity index (χ2n) is 7.55. The Kier molecular flexibility index (Phi) is 9.14. The predicted molar refractivity (Wildman–Crippen MR) is 111 cm³/mol. The summed E-state index contributed by atoms with van der Waals surface area (Å²) in [7, 11) is -1.08. The Bertz CT molecular complexity index is 652. The van der Waals surface area contributed by atoms with Gasteiger partial charge >= 0.3 is 5.97 Å². The Balaban J connectivity index is 2.86. The van der Waals surface area contributed by atoms with Crippen molar-refractivity contribution in [3.63, 3.8) is 0 Å². The number of hydrogen-bond acceptors (Lipinski definition) is 3. The lowest BCUT2D eigenvalue weighted by Crippen LogP contribution is -2.17. The number of benzene rings is 1. The molecule has 0 aromatic heterocycles. The highest BCUT2D eigenvalue weighted by Gasteiger charge is 2.13. The van der Waals surface area contributed by atoms with Crippen LogP contribution in [-0.2, 0) is 14.3 Å². The maximum absolute atomic E-state index is 11.2. The van der Waals surface area contributed by atoms with Crippen molar-refractivity contribution in [2.45, 2.75) is 59.0 Å². The number of hydrogen-bond donors (Lipinski definition) is 0. The number of carbonyl (C=O) groups is 1. The average Bonchev–Trinajstić information content (AvgIpc) is 2.58. The van der Waals surface area contributed by atoms with E-state index in [1.54, 1.807) is 12.3 Å². The van der Waals surface area contributed by atoms with Crippen LogP contribution in [0.3, 0.4) is 0 Å². The van der Waals surface area contributed by atoms with Gasteiger partial charge in [-0.3, -0.25) is 4.79 Å². The average molecular weight is 373 g/mol. The summed E-state index contributed by atoms with van der Waals surface area (Å²) in [4.78, 5) is 11.2. The summed E-state index contributed by atoms with van der Waals surface area (Å²) in [6, 6.07) is 11.3. The van der Waals surface area contributed by atoms with Crippen LogP contribution in [0.2, 0.25) is 25.7 Å². The van der Waals surface area contributed by atoms with Gasteiger partial charge in [0.15, 0.2) is 0 Å². The molecule has 0 aliphatic carbocycles. The molecule has 0 saturated carbocycles. The molecule has 0 amide bonds. The quantitative estimate of drug-likeness (QED) is 0.165. The van der Waals surface area contributed by atoms with E-state index in [1.165, 1.54) is 13.0 Å². The Labute approximate surface area is 159 Å². The number of esters is 1. The van der Waals surface area contributed by atoms with Crippen LogP contribution in [0.4, 0.5) is 0 Å². The number of allylic oxidation sites excluding steroid dienone is 3. The normalized spacial score (nSPS) is 14.4. The largest absolute Gasteiger partial charge is 0.493 e. The zero-order valence-corrected chi connectivity index (χ0v) is 17.9. The lowest BCUT2D eigenvalue weighted by atomic mass is 10.1. The van der Waals surface area contributed by atoms with Crippen molar-refractivity contribution in [2.24, 2.45) is 0 Å². The lowest BCUT2D eigenvalue weighted by molar-refractivity contribution is -0.136. The van der Waals surface area contributed by atoms with Crippen LogP contribution >= 0.6 is 0 Å². The van der Waals surface area contributed by atoms with Gasteiger partial charge in [-0.05, 0) is 31.5 Å². The molecule has 1 atom stereocenters. The van der Waals surface area contributed by atoms with E-state index >= 15 is 0 Å². The third-order valence-electron chi connectivity index (χ3n) is 3.73. The van der Waals surface area contributed by atoms with E-state index < -0.39 is 8.07 Å². The van der Waals surface area contributed by atoms with E-state index in [0.717, 1.165) is 17.6 Å². The van der Waals surface area contributed by atoms with Crippen molar-refractivity contribution in [2.75, 3.05) is 0 Å². The Morgan fingerprint density at radius 3 is 2.31 bits per heavy atom. The van der Waals surface area contributed by atoms with Gasteiger partial charge in [0.05, 0.1) is 6.26 Å². The summed E-state index contributed by atoms with van der Waals surface area (Å²) in [5, 5.41) is 0. The molecule has 1 aromatic rings. The minimum Gasteiger partial charge on any atom is -0.493 e. The van der Waals surface area contributed by atoms with E-state index in [9.17, 15) is 4.79 Å². The molecule has 1 unspecified atom stereocenters. The first-order chi connectivity index (χ1) is 12.2. The smallest absolute Gasteiger partial charge is 0.308 e. The third-order valence-corrected chi connectivity index (χ3v) is 5.19. The van der Waals surface area contributed by atoms with Gasteiger partial charge in [-0.2, -0.15) is 0 Å². The van der Waals surface area contributed by atoms with Crippen LogP contribution in [0.15, 0.2) is 66.2 Å². The molecule has 0 N–H and O–H groups in total. The highest BCUT2D eigenvalue weighted by atomic mass is 28.3. The molecule has 0 spiro atoms. The molecule has 0 saturated heterocycles. The van der Waals surface area contributed by atoms with Crippen molar-refractivity contribution in [1.29, 1.82) is 0 Å². The van der Waals surface area contributed by atoms with Crippen LogP contribution in [0, 0.1) is 0 Å². The highest BCUT2D eigenvalue weighted by Crippen LogP contribution is 2.24. The van der Waals surface area contributed by atoms with Crippen molar-refractivity contribution < 1.29 is 14.3 Å². The van der Waals surface area contributed by atoms with Gasteiger partial charge < -0.3 is 9.47 Å². The Morgan fingerprint density at radius 2 is 1.77 bits per heavy atom. The Morgan fingerprint density at radius 1 is 1.12 bits per heavy atom. The first kappa shape index (κ1) is 22.0. The number of rotatable bonds is 9. The molecule has 142 valence electrons. The van der Waals surface area contributed by atoms with Crippen LogP contribution in [0.5, 0.6) is 0 Å². The fourth-order valence-corrected chi connectivity index (χ4v) is 3.23. The maximum Gasteiger partial charge on any atom is 0.308 e. The molecule has 0 heterocycles. The summed E-state index contributed by atoms with van der Waals surface area (Å²) >= 11 is 0. The zero-order chi connectivity index (χ0) is 19.6. The minimum absolute atomic E-state index is 0.0699. The van der Waals surface area contributed by atoms with Gasteiger partial charge in [0.25, 0.3) is 0 Å². The summed E-state index contributed by atoms with van der Waals surface area (Å²) in [6.07, 6.45) is 8.67. The molecule has 3 nitrogen and oxygen atoms in total. The third kappa shape index (κ3) is 8.86. The fourth-order valence-electron chi connectivity index (χ4n) is 2.36. The van der Waals surface area contributed by atoms with Crippen molar-refractivity contribution in [3.05, 3.63) is 71.7 Å². The second-order valence-corrected chi connectivity index (χ2v) is 13.1. The van der Waals surface area contributed by atoms with E-state index in [4.69, 9.17) is 9.47 Å². The molecular weight excluding hydrogens is 340 g/mol. The summed E-state index contributed by atoms with van der Waals surface area (Å²) in [6.45, 7) is 12.2. The van der Waals surface area contributed by atoms with E-state index in [-0.39, 0.29) is 12.1 Å². The fraction of sp³-hybridized carbons (Fsp3) is 0.409. The van der Waals surface area contributed by atoms with Crippen LogP contribution in [-0.4, -0.2) is 14.0 Å². The highest BCUT2D eigenvalue weighted by molar-refractivity contribution is 6.76. The molecule has 0 aliphatic heterocycles. The molecule has 1 aromatic carbocycles. The standard InChI is InChI=1S/C22H32O3Si/c1-7-21(25-19(3)23)18(2)17-24-22(20-13-9-8-10-14-20)15-11-12-16-26(4,5)6/h7-14,17,22H,15-16H2,1-6H3/b12-11-,18-17+,21-7-. The van der Waals surface area contributed by atoms with E-state index in [2.05, 4.69) is 43.9 Å². The van der Waals surface area contributed by atoms with Crippen LogP contribution in [0.25, 0.3) is 0 Å². The van der Waals surface area contributed by atoms with Crippen molar-refractivity contribution in [3.8, 4) is 0 Å². The Hall–Kier alpha value is -2.07. The predicted octanol–water partition coefficient (Wildman–Crippen LogP) is 6.40. The van der Waals surface area contributed by atoms with Crippen LogP contribution in [0.1, 0.15) is 38.9 Å². The molecule has 0 aliphatic rings. The molecule has 1 rings (SSSR count).